The lowest BCUT2D eigenvalue weighted by molar-refractivity contribution is 0.580. The molecule has 0 aliphatic carbocycles. The van der Waals surface area contributed by atoms with Crippen LogP contribution in [-0.4, -0.2) is 30.8 Å². The monoisotopic (exact) mass is 234 g/mol. The van der Waals surface area contributed by atoms with E-state index in [1.54, 1.807) is 4.68 Å². The fourth-order valence-electron chi connectivity index (χ4n) is 1.45. The molecule has 0 fully saturated rings. The number of hydrogen-bond donors (Lipinski definition) is 1. The molecule has 0 aromatic carbocycles. The average molecular weight is 234 g/mol. The maximum Gasteiger partial charge on any atom is 0.177 e. The number of nitrogens with zero attached hydrogens (tertiary/aromatic N) is 5. The second-order valence-electron chi connectivity index (χ2n) is 4.46. The highest BCUT2D eigenvalue weighted by atomic mass is 15.5. The van der Waals surface area contributed by atoms with E-state index in [1.807, 2.05) is 30.9 Å². The third-order valence-corrected chi connectivity index (χ3v) is 2.57. The van der Waals surface area contributed by atoms with Gasteiger partial charge in [0.25, 0.3) is 0 Å². The van der Waals surface area contributed by atoms with Crippen LogP contribution in [-0.2, 0) is 13.6 Å². The molecule has 6 heteroatoms. The van der Waals surface area contributed by atoms with Crippen molar-refractivity contribution in [2.75, 3.05) is 0 Å². The van der Waals surface area contributed by atoms with Gasteiger partial charge in [-0.3, -0.25) is 4.68 Å². The van der Waals surface area contributed by atoms with Crippen molar-refractivity contribution in [1.29, 1.82) is 0 Å². The molecule has 0 unspecified atom stereocenters. The molecule has 6 nitrogen and oxygen atoms in total. The standard InChI is InChI=1S/C11H18N6/c1-8(2)12-6-10-7-17(15-13-10)11-5-9(3)16(4)14-11/h5,7-8,12H,6H2,1-4H3. The van der Waals surface area contributed by atoms with Crippen LogP contribution in [0.15, 0.2) is 12.3 Å². The first kappa shape index (κ1) is 11.8. The van der Waals surface area contributed by atoms with Crippen molar-refractivity contribution < 1.29 is 0 Å². The Morgan fingerprint density at radius 2 is 2.18 bits per heavy atom. The zero-order valence-electron chi connectivity index (χ0n) is 10.7. The maximum absolute atomic E-state index is 4.35. The average Bonchev–Trinajstić information content (AvgIpc) is 2.84. The predicted octanol–water partition coefficient (Wildman–Crippen LogP) is 0.807. The Morgan fingerprint density at radius 1 is 1.41 bits per heavy atom. The Bertz CT molecular complexity index is 476. The number of aromatic nitrogens is 5. The molecule has 2 heterocycles. The first-order chi connectivity index (χ1) is 8.06. The molecule has 0 aliphatic rings. The van der Waals surface area contributed by atoms with Gasteiger partial charge in [0.1, 0.15) is 0 Å². The van der Waals surface area contributed by atoms with Crippen LogP contribution in [0.5, 0.6) is 0 Å². The van der Waals surface area contributed by atoms with Crippen molar-refractivity contribution in [3.63, 3.8) is 0 Å². The maximum atomic E-state index is 4.35. The zero-order chi connectivity index (χ0) is 12.4. The minimum Gasteiger partial charge on any atom is -0.309 e. The van der Waals surface area contributed by atoms with E-state index in [0.717, 1.165) is 23.8 Å². The van der Waals surface area contributed by atoms with Crippen molar-refractivity contribution >= 4 is 0 Å². The third-order valence-electron chi connectivity index (χ3n) is 2.57. The van der Waals surface area contributed by atoms with Gasteiger partial charge in [0.2, 0.25) is 0 Å². The zero-order valence-corrected chi connectivity index (χ0v) is 10.7. The van der Waals surface area contributed by atoms with E-state index >= 15 is 0 Å². The van der Waals surface area contributed by atoms with Crippen LogP contribution in [0.3, 0.4) is 0 Å². The summed E-state index contributed by atoms with van der Waals surface area (Å²) >= 11 is 0. The molecule has 2 aromatic heterocycles. The van der Waals surface area contributed by atoms with Crippen LogP contribution in [0.4, 0.5) is 0 Å². The summed E-state index contributed by atoms with van der Waals surface area (Å²) in [7, 11) is 1.91. The van der Waals surface area contributed by atoms with Crippen molar-refractivity contribution in [3.8, 4) is 5.82 Å². The lowest BCUT2D eigenvalue weighted by Crippen LogP contribution is -2.21. The highest BCUT2D eigenvalue weighted by molar-refractivity contribution is 5.23. The van der Waals surface area contributed by atoms with E-state index in [1.165, 1.54) is 0 Å². The Labute approximate surface area is 101 Å². The van der Waals surface area contributed by atoms with Crippen LogP contribution in [0.2, 0.25) is 0 Å². The molecule has 92 valence electrons. The molecule has 1 N–H and O–H groups in total. The number of nitrogens with one attached hydrogen (secondary N) is 1. The third kappa shape index (κ3) is 2.71. The smallest absolute Gasteiger partial charge is 0.177 e. The molecule has 0 bridgehead atoms. The van der Waals surface area contributed by atoms with Gasteiger partial charge in [-0.2, -0.15) is 5.10 Å². The van der Waals surface area contributed by atoms with Gasteiger partial charge in [0.05, 0.1) is 11.9 Å². The summed E-state index contributed by atoms with van der Waals surface area (Å²) in [5.41, 5.74) is 2.01. The van der Waals surface area contributed by atoms with Crippen molar-refractivity contribution in [1.82, 2.24) is 30.1 Å². The van der Waals surface area contributed by atoms with E-state index in [2.05, 4.69) is 34.6 Å². The fraction of sp³-hybridized carbons (Fsp3) is 0.545. The summed E-state index contributed by atoms with van der Waals surface area (Å²) in [6, 6.07) is 2.42. The Morgan fingerprint density at radius 3 is 2.76 bits per heavy atom. The van der Waals surface area contributed by atoms with Crippen LogP contribution in [0.1, 0.15) is 25.2 Å². The molecule has 2 aromatic rings. The van der Waals surface area contributed by atoms with Crippen LogP contribution in [0.25, 0.3) is 5.82 Å². The molecule has 2 rings (SSSR count). The molecule has 0 amide bonds. The fourth-order valence-corrected chi connectivity index (χ4v) is 1.45. The summed E-state index contributed by atoms with van der Waals surface area (Å²) < 4.78 is 3.52. The minimum atomic E-state index is 0.442. The van der Waals surface area contributed by atoms with E-state index in [-0.39, 0.29) is 0 Å². The van der Waals surface area contributed by atoms with Crippen molar-refractivity contribution in [2.45, 2.75) is 33.4 Å². The number of rotatable bonds is 4. The van der Waals surface area contributed by atoms with Gasteiger partial charge in [-0.15, -0.1) is 5.10 Å². The number of hydrogen-bond acceptors (Lipinski definition) is 4. The van der Waals surface area contributed by atoms with Crippen molar-refractivity contribution in [3.05, 3.63) is 23.7 Å². The highest BCUT2D eigenvalue weighted by Crippen LogP contribution is 2.06. The first-order valence-electron chi connectivity index (χ1n) is 5.72. The Balaban J connectivity index is 2.12. The molecule has 0 saturated carbocycles. The van der Waals surface area contributed by atoms with Gasteiger partial charge in [-0.25, -0.2) is 4.68 Å². The van der Waals surface area contributed by atoms with Crippen LogP contribution < -0.4 is 5.32 Å². The van der Waals surface area contributed by atoms with Gasteiger partial charge < -0.3 is 5.32 Å². The van der Waals surface area contributed by atoms with E-state index in [0.29, 0.717) is 6.04 Å². The van der Waals surface area contributed by atoms with Crippen LogP contribution >= 0.6 is 0 Å². The lowest BCUT2D eigenvalue weighted by Gasteiger charge is -2.03. The van der Waals surface area contributed by atoms with Gasteiger partial charge in [0, 0.05) is 31.4 Å². The van der Waals surface area contributed by atoms with Gasteiger partial charge in [-0.05, 0) is 6.92 Å². The molecule has 0 radical (unpaired) electrons. The Hall–Kier alpha value is -1.69. The molecular weight excluding hydrogens is 216 g/mol. The van der Waals surface area contributed by atoms with E-state index < -0.39 is 0 Å². The topological polar surface area (TPSA) is 60.6 Å². The summed E-state index contributed by atoms with van der Waals surface area (Å²) in [6.07, 6.45) is 1.90. The highest BCUT2D eigenvalue weighted by Gasteiger charge is 2.07. The largest absolute Gasteiger partial charge is 0.309 e. The second-order valence-corrected chi connectivity index (χ2v) is 4.46. The van der Waals surface area contributed by atoms with Gasteiger partial charge in [-0.1, -0.05) is 19.1 Å². The normalized spacial score (nSPS) is 11.4. The first-order valence-corrected chi connectivity index (χ1v) is 5.72. The molecule has 0 aliphatic heterocycles. The van der Waals surface area contributed by atoms with E-state index in [9.17, 15) is 0 Å². The summed E-state index contributed by atoms with van der Waals surface area (Å²) in [6.45, 7) is 6.94. The molecule has 0 atom stereocenters. The Kier molecular flexibility index (Phi) is 3.23. The molecule has 0 spiro atoms. The summed E-state index contributed by atoms with van der Waals surface area (Å²) in [5.74, 6) is 0.799. The number of aryl methyl sites for hydroxylation is 2. The lowest BCUT2D eigenvalue weighted by atomic mass is 10.3. The van der Waals surface area contributed by atoms with Gasteiger partial charge >= 0.3 is 0 Å². The van der Waals surface area contributed by atoms with Gasteiger partial charge in [0.15, 0.2) is 5.82 Å². The predicted molar refractivity (Wildman–Crippen MR) is 64.8 cm³/mol. The van der Waals surface area contributed by atoms with Crippen LogP contribution in [0, 0.1) is 6.92 Å². The molecule has 17 heavy (non-hydrogen) atoms. The minimum absolute atomic E-state index is 0.442. The SMILES string of the molecule is Cc1cc(-n2cc(CNC(C)C)nn2)nn1C. The molecule has 0 saturated heterocycles. The summed E-state index contributed by atoms with van der Waals surface area (Å²) in [5, 5.41) is 15.8. The summed E-state index contributed by atoms with van der Waals surface area (Å²) in [4.78, 5) is 0. The van der Waals surface area contributed by atoms with Crippen molar-refractivity contribution in [2.24, 2.45) is 7.05 Å². The quantitative estimate of drug-likeness (QED) is 0.850. The second kappa shape index (κ2) is 4.67. The molecular formula is C11H18N6. The van der Waals surface area contributed by atoms with E-state index in [4.69, 9.17) is 0 Å².